The summed E-state index contributed by atoms with van der Waals surface area (Å²) in [5.41, 5.74) is 2.09. The molecular formula is C24H31IN6O2. The van der Waals surface area contributed by atoms with Crippen LogP contribution in [0.1, 0.15) is 6.42 Å². The Morgan fingerprint density at radius 1 is 0.970 bits per heavy atom. The third-order valence-corrected chi connectivity index (χ3v) is 5.92. The Morgan fingerprint density at radius 2 is 1.58 bits per heavy atom. The number of nitrogens with one attached hydrogen (secondary N) is 2. The number of amides is 2. The van der Waals surface area contributed by atoms with Gasteiger partial charge in [0.15, 0.2) is 5.96 Å². The normalized spacial score (nSPS) is 18.7. The molecule has 2 saturated heterocycles. The molecule has 0 aliphatic carbocycles. The Hall–Kier alpha value is -2.82. The Labute approximate surface area is 212 Å². The molecule has 0 saturated carbocycles. The van der Waals surface area contributed by atoms with Crippen molar-refractivity contribution in [2.24, 2.45) is 4.99 Å². The number of carbonyl (C=O) groups is 2. The quantitative estimate of drug-likeness (QED) is 0.331. The van der Waals surface area contributed by atoms with Crippen LogP contribution in [0.15, 0.2) is 65.7 Å². The molecule has 2 N–H and O–H groups in total. The standard InChI is InChI=1S/C24H30N6O2.HI/c1-25-24(27-19-16-22(31)30(18-19)21-10-6-3-7-11-21)26-17-23(32)29-14-12-28(13-15-29)20-8-4-2-5-9-20;/h2-11,19H,12-18H2,1H3,(H2,25,26,27);1H. The molecule has 9 heteroatoms. The number of para-hydroxylation sites is 2. The lowest BCUT2D eigenvalue weighted by Gasteiger charge is -2.36. The van der Waals surface area contributed by atoms with Crippen LogP contribution in [0.25, 0.3) is 0 Å². The van der Waals surface area contributed by atoms with Gasteiger partial charge in [0, 0.05) is 57.6 Å². The number of nitrogens with zero attached hydrogens (tertiary/aromatic N) is 4. The van der Waals surface area contributed by atoms with Gasteiger partial charge < -0.3 is 25.3 Å². The van der Waals surface area contributed by atoms with Crippen molar-refractivity contribution < 1.29 is 9.59 Å². The number of carbonyl (C=O) groups excluding carboxylic acids is 2. The number of hydrogen-bond acceptors (Lipinski definition) is 4. The van der Waals surface area contributed by atoms with E-state index >= 15 is 0 Å². The average molecular weight is 562 g/mol. The molecule has 2 aromatic carbocycles. The number of benzene rings is 2. The Balaban J connectivity index is 0.00000306. The molecule has 0 spiro atoms. The summed E-state index contributed by atoms with van der Waals surface area (Å²) in [6.07, 6.45) is 0.394. The van der Waals surface area contributed by atoms with E-state index in [1.807, 2.05) is 53.4 Å². The number of anilines is 2. The smallest absolute Gasteiger partial charge is 0.242 e. The molecule has 1 atom stereocenters. The van der Waals surface area contributed by atoms with Gasteiger partial charge in [0.1, 0.15) is 0 Å². The van der Waals surface area contributed by atoms with Gasteiger partial charge in [-0.3, -0.25) is 14.6 Å². The van der Waals surface area contributed by atoms with Crippen molar-refractivity contribution in [2.45, 2.75) is 12.5 Å². The van der Waals surface area contributed by atoms with Gasteiger partial charge in [-0.2, -0.15) is 0 Å². The minimum Gasteiger partial charge on any atom is -0.368 e. The second kappa shape index (κ2) is 11.9. The van der Waals surface area contributed by atoms with Gasteiger partial charge in [0.2, 0.25) is 11.8 Å². The third-order valence-electron chi connectivity index (χ3n) is 5.92. The van der Waals surface area contributed by atoms with Crippen LogP contribution < -0.4 is 20.4 Å². The highest BCUT2D eigenvalue weighted by atomic mass is 127. The van der Waals surface area contributed by atoms with E-state index < -0.39 is 0 Å². The fourth-order valence-electron chi connectivity index (χ4n) is 4.17. The highest BCUT2D eigenvalue weighted by Crippen LogP contribution is 2.21. The number of piperazine rings is 1. The van der Waals surface area contributed by atoms with E-state index in [1.54, 1.807) is 11.9 Å². The maximum Gasteiger partial charge on any atom is 0.242 e. The molecule has 2 aromatic rings. The predicted octanol–water partition coefficient (Wildman–Crippen LogP) is 1.92. The predicted molar refractivity (Wildman–Crippen MR) is 142 cm³/mol. The van der Waals surface area contributed by atoms with Crippen LogP contribution in [0.4, 0.5) is 11.4 Å². The van der Waals surface area contributed by atoms with Crippen molar-refractivity contribution in [2.75, 3.05) is 56.1 Å². The Morgan fingerprint density at radius 3 is 2.18 bits per heavy atom. The van der Waals surface area contributed by atoms with Gasteiger partial charge in [-0.15, -0.1) is 24.0 Å². The van der Waals surface area contributed by atoms with Crippen LogP contribution in [0.2, 0.25) is 0 Å². The monoisotopic (exact) mass is 562 g/mol. The summed E-state index contributed by atoms with van der Waals surface area (Å²) < 4.78 is 0. The second-order valence-corrected chi connectivity index (χ2v) is 8.01. The second-order valence-electron chi connectivity index (χ2n) is 8.01. The topological polar surface area (TPSA) is 80.3 Å². The molecule has 2 heterocycles. The van der Waals surface area contributed by atoms with Crippen LogP contribution in [-0.2, 0) is 9.59 Å². The Bertz CT molecular complexity index is 948. The molecule has 4 rings (SSSR count). The molecule has 1 unspecified atom stereocenters. The average Bonchev–Trinajstić information content (AvgIpc) is 3.22. The fourth-order valence-corrected chi connectivity index (χ4v) is 4.17. The van der Waals surface area contributed by atoms with Crippen LogP contribution in [0.3, 0.4) is 0 Å². The molecule has 2 aliphatic rings. The number of hydrogen-bond donors (Lipinski definition) is 2. The summed E-state index contributed by atoms with van der Waals surface area (Å²) in [4.78, 5) is 35.3. The molecule has 8 nitrogen and oxygen atoms in total. The van der Waals surface area contributed by atoms with Crippen molar-refractivity contribution in [1.29, 1.82) is 0 Å². The molecule has 33 heavy (non-hydrogen) atoms. The zero-order chi connectivity index (χ0) is 22.3. The molecule has 2 aliphatic heterocycles. The van der Waals surface area contributed by atoms with Crippen molar-refractivity contribution >= 4 is 53.1 Å². The van der Waals surface area contributed by atoms with Crippen molar-refractivity contribution in [3.8, 4) is 0 Å². The van der Waals surface area contributed by atoms with Gasteiger partial charge in [-0.1, -0.05) is 36.4 Å². The van der Waals surface area contributed by atoms with Gasteiger partial charge >= 0.3 is 0 Å². The van der Waals surface area contributed by atoms with Gasteiger partial charge in [0.05, 0.1) is 12.6 Å². The Kier molecular flexibility index (Phi) is 8.93. The van der Waals surface area contributed by atoms with E-state index in [0.717, 1.165) is 18.8 Å². The van der Waals surface area contributed by atoms with E-state index in [4.69, 9.17) is 0 Å². The molecule has 0 bridgehead atoms. The van der Waals surface area contributed by atoms with Gasteiger partial charge in [0.25, 0.3) is 0 Å². The molecule has 0 radical (unpaired) electrons. The van der Waals surface area contributed by atoms with Crippen molar-refractivity contribution in [3.63, 3.8) is 0 Å². The maximum absolute atomic E-state index is 12.7. The van der Waals surface area contributed by atoms with E-state index in [0.29, 0.717) is 32.0 Å². The van der Waals surface area contributed by atoms with Crippen LogP contribution in [0.5, 0.6) is 0 Å². The van der Waals surface area contributed by atoms with Crippen LogP contribution >= 0.6 is 24.0 Å². The minimum atomic E-state index is -0.0570. The first kappa shape index (κ1) is 24.8. The van der Waals surface area contributed by atoms with E-state index in [2.05, 4.69) is 32.7 Å². The van der Waals surface area contributed by atoms with Crippen LogP contribution in [-0.4, -0.2) is 75.0 Å². The van der Waals surface area contributed by atoms with Gasteiger partial charge in [-0.05, 0) is 24.3 Å². The third kappa shape index (κ3) is 6.37. The van der Waals surface area contributed by atoms with E-state index in [1.165, 1.54) is 5.69 Å². The summed E-state index contributed by atoms with van der Waals surface area (Å²) in [7, 11) is 1.67. The first-order chi connectivity index (χ1) is 15.6. The van der Waals surface area contributed by atoms with Gasteiger partial charge in [-0.25, -0.2) is 0 Å². The highest BCUT2D eigenvalue weighted by molar-refractivity contribution is 14.0. The summed E-state index contributed by atoms with van der Waals surface area (Å²) >= 11 is 0. The zero-order valence-corrected chi connectivity index (χ0v) is 21.1. The molecule has 0 aromatic heterocycles. The number of halogens is 1. The lowest BCUT2D eigenvalue weighted by atomic mass is 10.2. The van der Waals surface area contributed by atoms with Crippen molar-refractivity contribution in [1.82, 2.24) is 15.5 Å². The van der Waals surface area contributed by atoms with E-state index in [9.17, 15) is 9.59 Å². The number of aliphatic imine (C=N–C) groups is 1. The molecule has 2 amide bonds. The maximum atomic E-state index is 12.7. The summed E-state index contributed by atoms with van der Waals surface area (Å²) in [5, 5.41) is 6.39. The number of guanidine groups is 1. The zero-order valence-electron chi connectivity index (χ0n) is 18.8. The minimum absolute atomic E-state index is 0. The first-order valence-corrected chi connectivity index (χ1v) is 11.0. The largest absolute Gasteiger partial charge is 0.368 e. The highest BCUT2D eigenvalue weighted by Gasteiger charge is 2.31. The fraction of sp³-hybridized carbons (Fsp3) is 0.375. The van der Waals surface area contributed by atoms with E-state index in [-0.39, 0.29) is 48.4 Å². The lowest BCUT2D eigenvalue weighted by Crippen LogP contribution is -2.53. The number of rotatable bonds is 5. The molecule has 2 fully saturated rings. The lowest BCUT2D eigenvalue weighted by molar-refractivity contribution is -0.130. The van der Waals surface area contributed by atoms with Crippen LogP contribution in [0, 0.1) is 0 Å². The SMILES string of the molecule is CN=C(NCC(=O)N1CCN(c2ccccc2)CC1)NC1CC(=O)N(c2ccccc2)C1.I. The summed E-state index contributed by atoms with van der Waals surface area (Å²) in [6.45, 7) is 3.78. The summed E-state index contributed by atoms with van der Waals surface area (Å²) in [6, 6.07) is 19.9. The molecular weight excluding hydrogens is 531 g/mol. The van der Waals surface area contributed by atoms with Crippen molar-refractivity contribution in [3.05, 3.63) is 60.7 Å². The summed E-state index contributed by atoms with van der Waals surface area (Å²) in [5.74, 6) is 0.666. The first-order valence-electron chi connectivity index (χ1n) is 11.0. The molecule has 176 valence electrons.